The van der Waals surface area contributed by atoms with E-state index in [9.17, 15) is 18.0 Å². The van der Waals surface area contributed by atoms with Crippen LogP contribution in [0.5, 0.6) is 0 Å². The van der Waals surface area contributed by atoms with Crippen LogP contribution in [0.3, 0.4) is 0 Å². The van der Waals surface area contributed by atoms with Gasteiger partial charge < -0.3 is 19.0 Å². The van der Waals surface area contributed by atoms with E-state index < -0.39 is 29.8 Å². The summed E-state index contributed by atoms with van der Waals surface area (Å²) in [7, 11) is 0. The average Bonchev–Trinajstić information content (AvgIpc) is 3.56. The van der Waals surface area contributed by atoms with Gasteiger partial charge in [-0.05, 0) is 36.4 Å². The highest BCUT2D eigenvalue weighted by Gasteiger charge is 2.33. The summed E-state index contributed by atoms with van der Waals surface area (Å²) in [6.45, 7) is 0.00186. The Morgan fingerprint density at radius 2 is 1.94 bits per heavy atom. The SMILES string of the molecule is O=C(Nc1c(F)cncc1-c1c(-c2ccc(F)cc2)ncn1[C@@H]1COC[C@H]1F)c1ccco1. The van der Waals surface area contributed by atoms with Crippen molar-refractivity contribution in [2.45, 2.75) is 12.2 Å². The fraction of sp³-hybridized carbons (Fsp3) is 0.174. The molecule has 4 aromatic rings. The largest absolute Gasteiger partial charge is 0.459 e. The summed E-state index contributed by atoms with van der Waals surface area (Å²) < 4.78 is 55.0. The summed E-state index contributed by atoms with van der Waals surface area (Å²) in [5, 5.41) is 2.51. The molecule has 168 valence electrons. The van der Waals surface area contributed by atoms with Crippen LogP contribution in [0.4, 0.5) is 18.9 Å². The molecule has 1 aromatic carbocycles. The van der Waals surface area contributed by atoms with Crippen molar-refractivity contribution >= 4 is 11.6 Å². The smallest absolute Gasteiger partial charge is 0.291 e. The van der Waals surface area contributed by atoms with Crippen LogP contribution in [0, 0.1) is 11.6 Å². The molecule has 1 aliphatic rings. The van der Waals surface area contributed by atoms with Gasteiger partial charge in [0.2, 0.25) is 0 Å². The zero-order valence-corrected chi connectivity index (χ0v) is 17.0. The number of amides is 1. The topological polar surface area (TPSA) is 82.2 Å². The number of carbonyl (C=O) groups is 1. The number of anilines is 1. The lowest BCUT2D eigenvalue weighted by molar-refractivity contribution is 0.0996. The van der Waals surface area contributed by atoms with E-state index in [4.69, 9.17) is 9.15 Å². The predicted octanol–water partition coefficient (Wildman–Crippen LogP) is 4.65. The van der Waals surface area contributed by atoms with E-state index in [2.05, 4.69) is 15.3 Å². The van der Waals surface area contributed by atoms with Gasteiger partial charge in [0.25, 0.3) is 5.91 Å². The number of imidazole rings is 1. The van der Waals surface area contributed by atoms with Crippen LogP contribution < -0.4 is 5.32 Å². The van der Waals surface area contributed by atoms with Gasteiger partial charge in [0.1, 0.15) is 12.0 Å². The van der Waals surface area contributed by atoms with Crippen molar-refractivity contribution in [3.8, 4) is 22.5 Å². The number of hydrogen-bond acceptors (Lipinski definition) is 5. The Kier molecular flexibility index (Phi) is 5.43. The van der Waals surface area contributed by atoms with Crippen molar-refractivity contribution in [1.82, 2.24) is 14.5 Å². The number of aromatic nitrogens is 3. The van der Waals surface area contributed by atoms with Crippen molar-refractivity contribution < 1.29 is 27.1 Å². The van der Waals surface area contributed by atoms with E-state index in [0.717, 1.165) is 6.20 Å². The maximum absolute atomic E-state index is 14.9. The Morgan fingerprint density at radius 3 is 2.64 bits per heavy atom. The number of hydrogen-bond donors (Lipinski definition) is 1. The highest BCUT2D eigenvalue weighted by molar-refractivity contribution is 6.05. The lowest BCUT2D eigenvalue weighted by Gasteiger charge is -2.19. The molecule has 0 bridgehead atoms. The normalized spacial score (nSPS) is 17.9. The second-order valence-corrected chi connectivity index (χ2v) is 7.45. The molecular weight excluding hydrogens is 437 g/mol. The number of pyridine rings is 1. The molecule has 0 radical (unpaired) electrons. The van der Waals surface area contributed by atoms with Crippen LogP contribution in [0.25, 0.3) is 22.5 Å². The standard InChI is InChI=1S/C23H17F3N4O3/c24-14-5-3-13(4-6-14)20-22(30(12-28-20)18-11-32-10-17(18)26)15-8-27-9-16(25)21(15)29-23(31)19-2-1-7-33-19/h1-9,12,17-18H,10-11H2,(H,27,29,31)/t17-,18-/m1/s1. The molecule has 1 amide bonds. The minimum absolute atomic E-state index is 0.0163. The molecule has 0 unspecified atom stereocenters. The molecule has 0 aliphatic carbocycles. The third-order valence-corrected chi connectivity index (χ3v) is 5.39. The number of halogens is 3. The van der Waals surface area contributed by atoms with E-state index in [0.29, 0.717) is 17.0 Å². The lowest BCUT2D eigenvalue weighted by atomic mass is 10.0. The van der Waals surface area contributed by atoms with Gasteiger partial charge in [-0.3, -0.25) is 9.78 Å². The molecule has 7 nitrogen and oxygen atoms in total. The predicted molar refractivity (Wildman–Crippen MR) is 112 cm³/mol. The summed E-state index contributed by atoms with van der Waals surface area (Å²) in [4.78, 5) is 20.9. The average molecular weight is 454 g/mol. The highest BCUT2D eigenvalue weighted by atomic mass is 19.1. The first kappa shape index (κ1) is 21.0. The van der Waals surface area contributed by atoms with Crippen LogP contribution >= 0.6 is 0 Å². The van der Waals surface area contributed by atoms with Crippen LogP contribution in [0.1, 0.15) is 16.6 Å². The lowest BCUT2D eigenvalue weighted by Crippen LogP contribution is -2.20. The Balaban J connectivity index is 1.68. The first-order valence-corrected chi connectivity index (χ1v) is 10.1. The van der Waals surface area contributed by atoms with Gasteiger partial charge in [0, 0.05) is 17.3 Å². The Morgan fingerprint density at radius 1 is 1.12 bits per heavy atom. The molecule has 1 saturated heterocycles. The van der Waals surface area contributed by atoms with Crippen molar-refractivity contribution in [3.63, 3.8) is 0 Å². The molecule has 0 spiro atoms. The van der Waals surface area contributed by atoms with E-state index in [1.54, 1.807) is 0 Å². The molecule has 3 aromatic heterocycles. The maximum atomic E-state index is 14.9. The number of carbonyl (C=O) groups excluding carboxylic acids is 1. The molecule has 4 heterocycles. The Hall–Kier alpha value is -3.92. The fourth-order valence-electron chi connectivity index (χ4n) is 3.79. The van der Waals surface area contributed by atoms with Crippen molar-refractivity contribution in [3.05, 3.63) is 78.8 Å². The zero-order valence-electron chi connectivity index (χ0n) is 17.0. The molecule has 10 heteroatoms. The molecule has 5 rings (SSSR count). The first-order valence-electron chi connectivity index (χ1n) is 10.1. The quantitative estimate of drug-likeness (QED) is 0.475. The number of furan rings is 1. The van der Waals surface area contributed by atoms with Crippen LogP contribution in [-0.2, 0) is 4.74 Å². The summed E-state index contributed by atoms with van der Waals surface area (Å²) >= 11 is 0. The molecule has 0 saturated carbocycles. The summed E-state index contributed by atoms with van der Waals surface area (Å²) in [5.41, 5.74) is 1.17. The third kappa shape index (κ3) is 3.89. The molecule has 2 atom stereocenters. The van der Waals surface area contributed by atoms with Gasteiger partial charge >= 0.3 is 0 Å². The summed E-state index contributed by atoms with van der Waals surface area (Å²) in [6.07, 6.45) is 3.73. The number of ether oxygens (including phenoxy) is 1. The number of rotatable bonds is 5. The summed E-state index contributed by atoms with van der Waals surface area (Å²) in [5.74, 6) is -1.93. The van der Waals surface area contributed by atoms with E-state index in [1.807, 2.05) is 0 Å². The number of benzene rings is 1. The van der Waals surface area contributed by atoms with Crippen LogP contribution in [0.15, 0.2) is 65.8 Å². The van der Waals surface area contributed by atoms with E-state index in [-0.39, 0.29) is 30.2 Å². The van der Waals surface area contributed by atoms with Gasteiger partial charge in [0.05, 0.1) is 55.1 Å². The second-order valence-electron chi connectivity index (χ2n) is 7.45. The van der Waals surface area contributed by atoms with E-state index in [1.165, 1.54) is 59.8 Å². The van der Waals surface area contributed by atoms with Gasteiger partial charge in [0.15, 0.2) is 11.6 Å². The van der Waals surface area contributed by atoms with E-state index >= 15 is 0 Å². The minimum atomic E-state index is -1.32. The second kappa shape index (κ2) is 8.55. The van der Waals surface area contributed by atoms with Gasteiger partial charge in [-0.2, -0.15) is 0 Å². The molecular formula is C23H17F3N4O3. The highest BCUT2D eigenvalue weighted by Crippen LogP contribution is 2.39. The Bertz CT molecular complexity index is 1290. The maximum Gasteiger partial charge on any atom is 0.291 e. The fourth-order valence-corrected chi connectivity index (χ4v) is 3.79. The number of nitrogens with zero attached hydrogens (tertiary/aromatic N) is 3. The zero-order chi connectivity index (χ0) is 22.9. The number of nitrogens with one attached hydrogen (secondary N) is 1. The first-order chi connectivity index (χ1) is 16.0. The minimum Gasteiger partial charge on any atom is -0.459 e. The monoisotopic (exact) mass is 454 g/mol. The molecule has 1 fully saturated rings. The Labute approximate surface area is 185 Å². The van der Waals surface area contributed by atoms with Crippen molar-refractivity contribution in [2.75, 3.05) is 18.5 Å². The molecule has 1 N–H and O–H groups in total. The number of alkyl halides is 1. The van der Waals surface area contributed by atoms with Gasteiger partial charge in [-0.15, -0.1) is 0 Å². The van der Waals surface area contributed by atoms with Crippen LogP contribution in [-0.4, -0.2) is 39.8 Å². The molecule has 1 aliphatic heterocycles. The molecule has 33 heavy (non-hydrogen) atoms. The summed E-state index contributed by atoms with van der Waals surface area (Å²) in [6, 6.07) is 7.79. The van der Waals surface area contributed by atoms with Gasteiger partial charge in [-0.25, -0.2) is 18.2 Å². The van der Waals surface area contributed by atoms with Gasteiger partial charge in [-0.1, -0.05) is 0 Å². The third-order valence-electron chi connectivity index (χ3n) is 5.39. The van der Waals surface area contributed by atoms with Crippen molar-refractivity contribution in [1.29, 1.82) is 0 Å². The van der Waals surface area contributed by atoms with Crippen LogP contribution in [0.2, 0.25) is 0 Å². The van der Waals surface area contributed by atoms with Crippen molar-refractivity contribution in [2.24, 2.45) is 0 Å².